The summed E-state index contributed by atoms with van der Waals surface area (Å²) in [6, 6.07) is 9.25. The van der Waals surface area contributed by atoms with E-state index in [1.54, 1.807) is 30.7 Å². The third-order valence-corrected chi connectivity index (χ3v) is 7.55. The number of ether oxygens (including phenoxy) is 1. The molecule has 0 spiro atoms. The van der Waals surface area contributed by atoms with Gasteiger partial charge in [-0.15, -0.1) is 11.8 Å². The van der Waals surface area contributed by atoms with Crippen LogP contribution in [-0.4, -0.2) is 61.7 Å². The van der Waals surface area contributed by atoms with E-state index < -0.39 is 5.97 Å². The smallest absolute Gasteiger partial charge is 0.341 e. The van der Waals surface area contributed by atoms with Crippen molar-refractivity contribution < 1.29 is 14.3 Å². The monoisotopic (exact) mass is 563 g/mol. The molecule has 10 heteroatoms. The minimum atomic E-state index is -0.400. The number of carbonyl (C=O) groups is 2. The second kappa shape index (κ2) is 9.99. The molecule has 0 unspecified atom stereocenters. The van der Waals surface area contributed by atoms with E-state index in [9.17, 15) is 9.59 Å². The summed E-state index contributed by atoms with van der Waals surface area (Å²) in [6.45, 7) is 2.62. The molecule has 3 aromatic rings. The number of nitrogens with zero attached hydrogens (tertiary/aromatic N) is 5. The molecular weight excluding hydrogens is 541 g/mol. The topological polar surface area (TPSA) is 90.2 Å². The van der Waals surface area contributed by atoms with E-state index >= 15 is 0 Å². The molecule has 0 aliphatic carbocycles. The van der Waals surface area contributed by atoms with Crippen LogP contribution in [0.15, 0.2) is 53.9 Å². The predicted molar refractivity (Wildman–Crippen MR) is 129 cm³/mol. The molecule has 3 heterocycles. The maximum absolute atomic E-state index is 13.6. The molecular formula is C22H22IN5O3S. The van der Waals surface area contributed by atoms with Gasteiger partial charge in [-0.2, -0.15) is 15.0 Å². The van der Waals surface area contributed by atoms with E-state index in [2.05, 4.69) is 44.7 Å². The number of rotatable bonds is 5. The molecule has 2 aromatic heterocycles. The number of aromatic nitrogens is 4. The van der Waals surface area contributed by atoms with Crippen molar-refractivity contribution in [2.75, 3.05) is 13.7 Å². The third-order valence-electron chi connectivity index (χ3n) is 5.40. The van der Waals surface area contributed by atoms with E-state index in [1.165, 1.54) is 23.7 Å². The van der Waals surface area contributed by atoms with Crippen molar-refractivity contribution in [3.8, 4) is 5.69 Å². The van der Waals surface area contributed by atoms with Crippen LogP contribution in [0.2, 0.25) is 0 Å². The second-order valence-corrected chi connectivity index (χ2v) is 9.88. The molecule has 1 aromatic carbocycles. The summed E-state index contributed by atoms with van der Waals surface area (Å²) < 4.78 is 5.75. The Morgan fingerprint density at radius 1 is 1.12 bits per heavy atom. The lowest BCUT2D eigenvalue weighted by atomic mass is 10.0. The molecule has 1 aliphatic rings. The minimum absolute atomic E-state index is 0.0560. The summed E-state index contributed by atoms with van der Waals surface area (Å²) in [7, 11) is 1.37. The zero-order valence-corrected chi connectivity index (χ0v) is 20.6. The number of hydrogen-bond acceptors (Lipinski definition) is 7. The van der Waals surface area contributed by atoms with Gasteiger partial charge in [0.25, 0.3) is 5.91 Å². The van der Waals surface area contributed by atoms with Crippen molar-refractivity contribution in [1.29, 1.82) is 0 Å². The number of likely N-dealkylation sites (tertiary alicyclic amines) is 1. The van der Waals surface area contributed by atoms with Crippen LogP contribution in [0.5, 0.6) is 0 Å². The van der Waals surface area contributed by atoms with Crippen LogP contribution in [0.3, 0.4) is 0 Å². The summed E-state index contributed by atoms with van der Waals surface area (Å²) in [6.07, 6.45) is 6.65. The lowest BCUT2D eigenvalue weighted by Crippen LogP contribution is -2.47. The lowest BCUT2D eigenvalue weighted by Gasteiger charge is -2.38. The molecule has 166 valence electrons. The predicted octanol–water partition coefficient (Wildman–Crippen LogP) is 3.84. The van der Waals surface area contributed by atoms with Gasteiger partial charge in [0.05, 0.1) is 30.8 Å². The highest BCUT2D eigenvalue weighted by atomic mass is 127. The molecule has 0 radical (unpaired) electrons. The standard InChI is InChI=1S/C22H22IN5O3S/c1-14-7-8-15(32-20-19(22(30)31-2)17(23)9-10-24-20)13-27(14)21(29)16-5-3-4-6-18(16)28-25-11-12-26-28/h3-6,9-12,14-15H,7-8,13H2,1-2H3/t14-,15-/m1/s1. The van der Waals surface area contributed by atoms with Crippen LogP contribution < -0.4 is 0 Å². The van der Waals surface area contributed by atoms with Crippen molar-refractivity contribution in [2.24, 2.45) is 0 Å². The number of esters is 1. The largest absolute Gasteiger partial charge is 0.465 e. The number of amides is 1. The Hall–Kier alpha value is -2.47. The number of benzene rings is 1. The van der Waals surface area contributed by atoms with Crippen molar-refractivity contribution >= 4 is 46.2 Å². The van der Waals surface area contributed by atoms with Gasteiger partial charge in [0.2, 0.25) is 0 Å². The summed E-state index contributed by atoms with van der Waals surface area (Å²) in [5.74, 6) is -0.456. The summed E-state index contributed by atoms with van der Waals surface area (Å²) in [4.78, 5) is 33.6. The highest BCUT2D eigenvalue weighted by molar-refractivity contribution is 14.1. The Morgan fingerprint density at radius 3 is 2.62 bits per heavy atom. The molecule has 2 atom stereocenters. The molecule has 1 fully saturated rings. The second-order valence-electron chi connectivity index (χ2n) is 7.42. The van der Waals surface area contributed by atoms with Crippen molar-refractivity contribution in [3.63, 3.8) is 0 Å². The number of pyridine rings is 1. The maximum atomic E-state index is 13.6. The van der Waals surface area contributed by atoms with Crippen molar-refractivity contribution in [2.45, 2.75) is 36.1 Å². The van der Waals surface area contributed by atoms with Gasteiger partial charge < -0.3 is 9.64 Å². The zero-order valence-electron chi connectivity index (χ0n) is 17.6. The first-order valence-corrected chi connectivity index (χ1v) is 12.1. The SMILES string of the molecule is COC(=O)c1c(I)ccnc1S[C@@H]1CC[C@@H](C)N(C(=O)c2ccccc2-n2nccn2)C1. The Labute approximate surface area is 203 Å². The highest BCUT2D eigenvalue weighted by Crippen LogP contribution is 2.34. The normalized spacial score (nSPS) is 18.4. The van der Waals surface area contributed by atoms with E-state index in [4.69, 9.17) is 4.74 Å². The van der Waals surface area contributed by atoms with Crippen LogP contribution in [0.25, 0.3) is 5.69 Å². The van der Waals surface area contributed by atoms with Crippen LogP contribution in [0.4, 0.5) is 0 Å². The molecule has 4 rings (SSSR count). The molecule has 0 bridgehead atoms. The average molecular weight is 563 g/mol. The number of para-hydroxylation sites is 1. The van der Waals surface area contributed by atoms with Gasteiger partial charge >= 0.3 is 5.97 Å². The average Bonchev–Trinajstić information content (AvgIpc) is 3.34. The molecule has 1 aliphatic heterocycles. The maximum Gasteiger partial charge on any atom is 0.341 e. The molecule has 1 saturated heterocycles. The fourth-order valence-electron chi connectivity index (χ4n) is 3.73. The van der Waals surface area contributed by atoms with E-state index in [1.807, 2.05) is 23.1 Å². The van der Waals surface area contributed by atoms with Gasteiger partial charge in [-0.25, -0.2) is 9.78 Å². The number of methoxy groups -OCH3 is 1. The molecule has 0 saturated carbocycles. The van der Waals surface area contributed by atoms with Gasteiger partial charge in [-0.3, -0.25) is 4.79 Å². The van der Waals surface area contributed by atoms with Gasteiger partial charge in [0.1, 0.15) is 10.6 Å². The summed E-state index contributed by atoms with van der Waals surface area (Å²) >= 11 is 3.65. The number of hydrogen-bond donors (Lipinski definition) is 0. The van der Waals surface area contributed by atoms with Crippen LogP contribution in [-0.2, 0) is 4.74 Å². The number of halogens is 1. The Morgan fingerprint density at radius 2 is 1.88 bits per heavy atom. The Bertz CT molecular complexity index is 1120. The van der Waals surface area contributed by atoms with Crippen LogP contribution in [0, 0.1) is 3.57 Å². The van der Waals surface area contributed by atoms with Gasteiger partial charge in [-0.05, 0) is 60.6 Å². The minimum Gasteiger partial charge on any atom is -0.465 e. The first-order valence-electron chi connectivity index (χ1n) is 10.2. The molecule has 1 amide bonds. The summed E-state index contributed by atoms with van der Waals surface area (Å²) in [5.41, 5.74) is 1.69. The van der Waals surface area contributed by atoms with Crippen LogP contribution >= 0.6 is 34.4 Å². The Balaban J connectivity index is 1.58. The van der Waals surface area contributed by atoms with Crippen molar-refractivity contribution in [1.82, 2.24) is 24.9 Å². The Kier molecular flexibility index (Phi) is 7.09. The zero-order chi connectivity index (χ0) is 22.7. The molecule has 0 N–H and O–H groups in total. The fourth-order valence-corrected chi connectivity index (χ4v) is 5.79. The van der Waals surface area contributed by atoms with Gasteiger partial charge in [0, 0.05) is 27.6 Å². The van der Waals surface area contributed by atoms with E-state index in [0.29, 0.717) is 28.4 Å². The lowest BCUT2D eigenvalue weighted by molar-refractivity contribution is 0.0592. The number of thioether (sulfide) groups is 1. The van der Waals surface area contributed by atoms with E-state index in [0.717, 1.165) is 16.4 Å². The fraction of sp³-hybridized carbons (Fsp3) is 0.318. The van der Waals surface area contributed by atoms with Gasteiger partial charge in [-0.1, -0.05) is 12.1 Å². The third kappa shape index (κ3) is 4.65. The highest BCUT2D eigenvalue weighted by Gasteiger charge is 2.32. The van der Waals surface area contributed by atoms with Crippen LogP contribution in [0.1, 0.15) is 40.5 Å². The number of carbonyl (C=O) groups excluding carboxylic acids is 2. The first kappa shape index (κ1) is 22.7. The first-order chi connectivity index (χ1) is 15.5. The number of piperidine rings is 1. The van der Waals surface area contributed by atoms with Gasteiger partial charge in [0.15, 0.2) is 0 Å². The van der Waals surface area contributed by atoms with Crippen molar-refractivity contribution in [3.05, 3.63) is 63.6 Å². The summed E-state index contributed by atoms with van der Waals surface area (Å²) in [5, 5.41) is 9.12. The quantitative estimate of drug-likeness (QED) is 0.344. The molecule has 8 nitrogen and oxygen atoms in total. The van der Waals surface area contributed by atoms with E-state index in [-0.39, 0.29) is 17.2 Å². The molecule has 32 heavy (non-hydrogen) atoms.